The van der Waals surface area contributed by atoms with Gasteiger partial charge in [0.1, 0.15) is 5.82 Å². The monoisotopic (exact) mass is 511 g/mol. The van der Waals surface area contributed by atoms with E-state index in [1.807, 2.05) is 25.0 Å². The van der Waals surface area contributed by atoms with Gasteiger partial charge in [0.25, 0.3) is 0 Å². The van der Waals surface area contributed by atoms with Crippen LogP contribution >= 0.6 is 24.0 Å². The van der Waals surface area contributed by atoms with Gasteiger partial charge in [-0.05, 0) is 36.5 Å². The number of aromatic nitrogens is 3. The van der Waals surface area contributed by atoms with E-state index < -0.39 is 0 Å². The third kappa shape index (κ3) is 6.07. The van der Waals surface area contributed by atoms with Crippen LogP contribution in [0.5, 0.6) is 0 Å². The summed E-state index contributed by atoms with van der Waals surface area (Å²) in [6.07, 6.45) is 6.52. The second-order valence-electron chi connectivity index (χ2n) is 7.84. The zero-order valence-electron chi connectivity index (χ0n) is 18.2. The highest BCUT2D eigenvalue weighted by atomic mass is 127. The third-order valence-corrected chi connectivity index (χ3v) is 5.16. The van der Waals surface area contributed by atoms with Gasteiger partial charge in [0, 0.05) is 65.3 Å². The van der Waals surface area contributed by atoms with Crippen molar-refractivity contribution >= 4 is 35.8 Å². The molecule has 0 bridgehead atoms. The molecule has 0 saturated carbocycles. The lowest BCUT2D eigenvalue weighted by molar-refractivity contribution is 0.473. The average molecular weight is 511 g/mol. The van der Waals surface area contributed by atoms with Crippen LogP contribution < -0.4 is 10.2 Å². The highest BCUT2D eigenvalue weighted by Crippen LogP contribution is 2.20. The first-order valence-corrected chi connectivity index (χ1v) is 10.1. The third-order valence-electron chi connectivity index (χ3n) is 5.16. The Morgan fingerprint density at radius 3 is 2.69 bits per heavy atom. The summed E-state index contributed by atoms with van der Waals surface area (Å²) in [7, 11) is 5.87. The van der Waals surface area contributed by atoms with E-state index in [9.17, 15) is 0 Å². The van der Waals surface area contributed by atoms with Crippen molar-refractivity contribution < 1.29 is 0 Å². The molecule has 0 atom stereocenters. The fraction of sp³-hybridized carbons (Fsp3) is 0.571. The zero-order valence-corrected chi connectivity index (χ0v) is 20.6. The van der Waals surface area contributed by atoms with E-state index in [-0.39, 0.29) is 24.0 Å². The van der Waals surface area contributed by atoms with Gasteiger partial charge < -0.3 is 15.1 Å². The van der Waals surface area contributed by atoms with Crippen LogP contribution in [-0.4, -0.2) is 52.8 Å². The maximum atomic E-state index is 4.61. The van der Waals surface area contributed by atoms with Crippen molar-refractivity contribution in [2.45, 2.75) is 45.7 Å². The van der Waals surface area contributed by atoms with Crippen LogP contribution in [-0.2, 0) is 20.1 Å². The molecule has 160 valence electrons. The van der Waals surface area contributed by atoms with Gasteiger partial charge in [-0.2, -0.15) is 5.10 Å². The largest absolute Gasteiger partial charge is 0.357 e. The normalized spacial score (nSPS) is 14.3. The van der Waals surface area contributed by atoms with Gasteiger partial charge in [0.2, 0.25) is 0 Å². The molecule has 3 heterocycles. The van der Waals surface area contributed by atoms with Gasteiger partial charge in [-0.3, -0.25) is 9.67 Å². The fourth-order valence-corrected chi connectivity index (χ4v) is 3.75. The van der Waals surface area contributed by atoms with Crippen LogP contribution in [0.1, 0.15) is 49.4 Å². The second-order valence-corrected chi connectivity index (χ2v) is 7.84. The van der Waals surface area contributed by atoms with Crippen LogP contribution in [0, 0.1) is 0 Å². The highest BCUT2D eigenvalue weighted by Gasteiger charge is 2.16. The standard InChI is InChI=1S/C21H33N7.HI/c1-16(2)20-18(15-27(5)25-20)14-26(4)21(22-3)24-13-17-8-9-23-19(12-17)28-10-6-7-11-28;/h8-9,12,15-16H,6-7,10-11,13-14H2,1-5H3,(H,22,24);1H. The molecule has 7 nitrogen and oxygen atoms in total. The van der Waals surface area contributed by atoms with Crippen LogP contribution in [0.15, 0.2) is 29.5 Å². The number of pyridine rings is 1. The van der Waals surface area contributed by atoms with Crippen molar-refractivity contribution in [2.75, 3.05) is 32.1 Å². The van der Waals surface area contributed by atoms with Crippen LogP contribution in [0.4, 0.5) is 5.82 Å². The lowest BCUT2D eigenvalue weighted by atomic mass is 10.1. The lowest BCUT2D eigenvalue weighted by Crippen LogP contribution is -2.38. The summed E-state index contributed by atoms with van der Waals surface area (Å²) >= 11 is 0. The molecule has 0 unspecified atom stereocenters. The number of rotatable bonds is 6. The average Bonchev–Trinajstić information content (AvgIpc) is 3.32. The number of aliphatic imine (C=N–C) groups is 1. The number of hydrogen-bond acceptors (Lipinski definition) is 4. The minimum Gasteiger partial charge on any atom is -0.357 e. The molecule has 0 spiro atoms. The molecule has 0 amide bonds. The quantitative estimate of drug-likeness (QED) is 0.366. The summed E-state index contributed by atoms with van der Waals surface area (Å²) in [5.41, 5.74) is 3.60. The van der Waals surface area contributed by atoms with E-state index in [2.05, 4.69) is 69.4 Å². The number of anilines is 1. The van der Waals surface area contributed by atoms with Gasteiger partial charge in [-0.1, -0.05) is 13.8 Å². The SMILES string of the molecule is CN=C(NCc1ccnc(N2CCCC2)c1)N(C)Cc1cn(C)nc1C(C)C.I. The zero-order chi connectivity index (χ0) is 20.1. The summed E-state index contributed by atoms with van der Waals surface area (Å²) in [6.45, 7) is 8.08. The predicted molar refractivity (Wildman–Crippen MR) is 130 cm³/mol. The first-order chi connectivity index (χ1) is 13.5. The first kappa shape index (κ1) is 23.4. The minimum atomic E-state index is 0. The van der Waals surface area contributed by atoms with Crippen LogP contribution in [0.3, 0.4) is 0 Å². The van der Waals surface area contributed by atoms with Crippen molar-refractivity contribution in [2.24, 2.45) is 12.0 Å². The fourth-order valence-electron chi connectivity index (χ4n) is 3.75. The van der Waals surface area contributed by atoms with E-state index in [1.54, 1.807) is 0 Å². The molecule has 29 heavy (non-hydrogen) atoms. The number of nitrogens with zero attached hydrogens (tertiary/aromatic N) is 6. The molecule has 1 aliphatic rings. The Morgan fingerprint density at radius 1 is 1.31 bits per heavy atom. The molecule has 1 saturated heterocycles. The van der Waals surface area contributed by atoms with Gasteiger partial charge >= 0.3 is 0 Å². The summed E-state index contributed by atoms with van der Waals surface area (Å²) in [5, 5.41) is 8.09. The van der Waals surface area contributed by atoms with E-state index in [0.717, 1.165) is 43.7 Å². The van der Waals surface area contributed by atoms with E-state index in [1.165, 1.54) is 24.0 Å². The Morgan fingerprint density at radius 2 is 2.03 bits per heavy atom. The highest BCUT2D eigenvalue weighted by molar-refractivity contribution is 14.0. The lowest BCUT2D eigenvalue weighted by Gasteiger charge is -2.23. The van der Waals surface area contributed by atoms with Crippen molar-refractivity contribution in [1.82, 2.24) is 25.0 Å². The maximum absolute atomic E-state index is 4.61. The second kappa shape index (κ2) is 10.8. The molecule has 0 aromatic carbocycles. The van der Waals surface area contributed by atoms with E-state index in [0.29, 0.717) is 5.92 Å². The Bertz CT molecular complexity index is 809. The Labute approximate surface area is 191 Å². The number of nitrogens with one attached hydrogen (secondary N) is 1. The number of guanidine groups is 1. The molecule has 2 aromatic rings. The van der Waals surface area contributed by atoms with Crippen molar-refractivity contribution in [3.8, 4) is 0 Å². The van der Waals surface area contributed by atoms with E-state index >= 15 is 0 Å². The van der Waals surface area contributed by atoms with Gasteiger partial charge in [0.15, 0.2) is 5.96 Å². The molecule has 2 aromatic heterocycles. The van der Waals surface area contributed by atoms with Crippen LogP contribution in [0.25, 0.3) is 0 Å². The van der Waals surface area contributed by atoms with Crippen molar-refractivity contribution in [3.63, 3.8) is 0 Å². The Hall–Kier alpha value is -1.84. The van der Waals surface area contributed by atoms with Gasteiger partial charge in [0.05, 0.1) is 5.69 Å². The summed E-state index contributed by atoms with van der Waals surface area (Å²) in [5.74, 6) is 2.36. The molecule has 8 heteroatoms. The molecule has 0 aliphatic carbocycles. The minimum absolute atomic E-state index is 0. The van der Waals surface area contributed by atoms with E-state index in [4.69, 9.17) is 0 Å². The maximum Gasteiger partial charge on any atom is 0.193 e. The van der Waals surface area contributed by atoms with Gasteiger partial charge in [-0.15, -0.1) is 24.0 Å². The molecule has 3 rings (SSSR count). The van der Waals surface area contributed by atoms with Crippen LogP contribution in [0.2, 0.25) is 0 Å². The Balaban J connectivity index is 0.00000300. The number of halogens is 1. The summed E-state index contributed by atoms with van der Waals surface area (Å²) < 4.78 is 1.89. The molecular formula is C21H34IN7. The summed E-state index contributed by atoms with van der Waals surface area (Å²) in [4.78, 5) is 13.5. The molecule has 1 aliphatic heterocycles. The van der Waals surface area contributed by atoms with Crippen molar-refractivity contribution in [3.05, 3.63) is 41.3 Å². The molecule has 0 radical (unpaired) electrons. The number of aryl methyl sites for hydroxylation is 1. The summed E-state index contributed by atoms with van der Waals surface area (Å²) in [6, 6.07) is 4.25. The first-order valence-electron chi connectivity index (χ1n) is 10.1. The predicted octanol–water partition coefficient (Wildman–Crippen LogP) is 3.36. The number of hydrogen-bond donors (Lipinski definition) is 1. The Kier molecular flexibility index (Phi) is 8.73. The molecule has 1 N–H and O–H groups in total. The van der Waals surface area contributed by atoms with Gasteiger partial charge in [-0.25, -0.2) is 4.98 Å². The smallest absolute Gasteiger partial charge is 0.193 e. The molecular weight excluding hydrogens is 477 g/mol. The van der Waals surface area contributed by atoms with Crippen molar-refractivity contribution in [1.29, 1.82) is 0 Å². The topological polar surface area (TPSA) is 61.6 Å². The molecule has 1 fully saturated rings.